The van der Waals surface area contributed by atoms with E-state index >= 15 is 4.79 Å². The average molecular weight is 1660 g/mol. The van der Waals surface area contributed by atoms with Crippen LogP contribution in [-0.4, -0.2) is 239 Å². The number of primary amides is 1. The third-order valence-corrected chi connectivity index (χ3v) is 22.8. The highest BCUT2D eigenvalue weighted by atomic mass is 79.9. The SMILES string of the molecule is Cc1c[nH]c2c(OC(=O)N(C)CCN(C)C(=O)OCc3ccc(NC(=O)[C@H](CCCNC(N)=O)CC(=O)[C@@H](NC(=O)CCOCCOCCOCCOCCOCCOCCNC(=O)CBr)C(C)C)cc3)cc3c(c12)[C@H](CCl)CN3C(=O)C12CC3(C(=O)N4C[C@@H](CCl)c5c4cc(OP(=O)(O)O)c4[nH]cc(C)c54)CC13C2. The van der Waals surface area contributed by atoms with Gasteiger partial charge in [-0.05, 0) is 91.8 Å². The quantitative estimate of drug-likeness (QED) is 0.0102. The number of nitrogens with one attached hydrogen (secondary N) is 6. The Morgan fingerprint density at radius 3 is 1.67 bits per heavy atom. The van der Waals surface area contributed by atoms with Crippen LogP contribution in [0, 0.1) is 41.9 Å². The summed E-state index contributed by atoms with van der Waals surface area (Å²) < 4.78 is 62.0. The van der Waals surface area contributed by atoms with Crippen molar-refractivity contribution in [3.63, 3.8) is 0 Å². The lowest BCUT2D eigenvalue weighted by Gasteiger charge is -2.37. The molecule has 3 unspecified atom stereocenters. The molecule has 9 amide bonds. The largest absolute Gasteiger partial charge is 0.524 e. The second kappa shape index (κ2) is 37.8. The number of benzene rings is 3. The van der Waals surface area contributed by atoms with E-state index in [-0.39, 0.29) is 148 Å². The molecule has 0 saturated heterocycles. The van der Waals surface area contributed by atoms with Crippen molar-refractivity contribution in [1.82, 2.24) is 35.7 Å². The van der Waals surface area contributed by atoms with Crippen molar-refractivity contribution in [2.75, 3.05) is 165 Å². The van der Waals surface area contributed by atoms with Gasteiger partial charge in [0.15, 0.2) is 17.3 Å². The number of anilines is 3. The lowest BCUT2D eigenvalue weighted by molar-refractivity contribution is -0.134. The number of hydrogen-bond donors (Lipinski definition) is 9. The van der Waals surface area contributed by atoms with E-state index in [0.29, 0.717) is 131 Å². The molecule has 3 saturated carbocycles. The molecule has 0 bridgehead atoms. The number of carbonyl (C=O) groups is 9. The fourth-order valence-corrected chi connectivity index (χ4v) is 16.6. The molecule has 32 nitrogen and oxygen atoms in total. The monoisotopic (exact) mass is 1660 g/mol. The Hall–Kier alpha value is -7.66. The molecule has 110 heavy (non-hydrogen) atoms. The molecule has 36 heteroatoms. The van der Waals surface area contributed by atoms with E-state index in [0.717, 1.165) is 27.6 Å². The molecule has 602 valence electrons. The normalized spacial score (nSPS) is 19.7. The van der Waals surface area contributed by atoms with Gasteiger partial charge in [-0.15, -0.1) is 23.2 Å². The second-order valence-corrected chi connectivity index (χ2v) is 31.2. The number of rotatable bonds is 45. The summed E-state index contributed by atoms with van der Waals surface area (Å²) in [4.78, 5) is 153. The zero-order valence-corrected chi connectivity index (χ0v) is 66.6. The van der Waals surface area contributed by atoms with E-state index in [1.165, 1.54) is 30.0 Å². The number of nitrogens with two attached hydrogens (primary N) is 1. The maximum absolute atomic E-state index is 15.2. The maximum atomic E-state index is 15.2. The Bertz CT molecular complexity index is 4220. The number of Topliss-reactive ketones (excluding diaryl/α,β-unsaturated/α-hetero) is 1. The van der Waals surface area contributed by atoms with Crippen LogP contribution < -0.4 is 46.1 Å². The first-order valence-electron chi connectivity index (χ1n) is 36.8. The number of H-pyrrole nitrogens is 2. The van der Waals surface area contributed by atoms with Gasteiger partial charge >= 0.3 is 26.0 Å². The van der Waals surface area contributed by atoms with Gasteiger partial charge in [-0.3, -0.25) is 38.6 Å². The number of ether oxygens (including phenoxy) is 8. The molecular weight excluding hydrogens is 1560 g/mol. The summed E-state index contributed by atoms with van der Waals surface area (Å²) >= 11 is 16.4. The van der Waals surface area contributed by atoms with Crippen LogP contribution in [0.25, 0.3) is 21.8 Å². The number of fused-ring (bicyclic) bond motifs is 6. The fourth-order valence-electron chi connectivity index (χ4n) is 15.5. The number of phosphoric acid groups is 1. The topological polar surface area (TPSA) is 413 Å². The van der Waals surface area contributed by atoms with Gasteiger partial charge in [-0.1, -0.05) is 41.9 Å². The molecule has 10 N–H and O–H groups in total. The number of aromatic amines is 2. The van der Waals surface area contributed by atoms with Crippen LogP contribution in [-0.2, 0) is 73.1 Å². The number of alkyl halides is 3. The van der Waals surface area contributed by atoms with Crippen molar-refractivity contribution >= 4 is 139 Å². The molecule has 7 atom stereocenters. The molecule has 5 aromatic rings. The number of phosphoric ester groups is 1. The molecule has 2 aromatic heterocycles. The van der Waals surface area contributed by atoms with E-state index in [2.05, 4.69) is 47.2 Å². The van der Waals surface area contributed by atoms with Crippen molar-refractivity contribution in [2.24, 2.45) is 33.8 Å². The van der Waals surface area contributed by atoms with Gasteiger partial charge in [0.2, 0.25) is 29.5 Å². The Morgan fingerprint density at radius 1 is 0.682 bits per heavy atom. The molecule has 2 aliphatic heterocycles. The molecular formula is C74H99BrCl2N11O21P. The highest BCUT2D eigenvalue weighted by molar-refractivity contribution is 9.09. The first kappa shape index (κ1) is 84.8. The molecule has 3 fully saturated rings. The number of amides is 9. The van der Waals surface area contributed by atoms with Gasteiger partial charge in [0.1, 0.15) is 6.61 Å². The number of halogens is 3. The van der Waals surface area contributed by atoms with Crippen LogP contribution in [0.4, 0.5) is 31.4 Å². The van der Waals surface area contributed by atoms with Crippen LogP contribution in [0.5, 0.6) is 11.5 Å². The third-order valence-electron chi connectivity index (χ3n) is 21.1. The lowest BCUT2D eigenvalue weighted by atomic mass is 9.72. The van der Waals surface area contributed by atoms with E-state index < -0.39 is 66.1 Å². The summed E-state index contributed by atoms with van der Waals surface area (Å²) in [5, 5.41) is 12.6. The molecule has 5 aliphatic rings. The summed E-state index contributed by atoms with van der Waals surface area (Å²) in [5.74, 6) is -2.91. The molecule has 3 aromatic carbocycles. The van der Waals surface area contributed by atoms with Gasteiger partial charge in [0.05, 0.1) is 124 Å². The smallest absolute Gasteiger partial charge is 0.445 e. The van der Waals surface area contributed by atoms with Crippen LogP contribution in [0.2, 0.25) is 0 Å². The first-order chi connectivity index (χ1) is 52.6. The number of hydrogen-bond acceptors (Lipinski definition) is 19. The van der Waals surface area contributed by atoms with Gasteiger partial charge in [-0.2, -0.15) is 0 Å². The van der Waals surface area contributed by atoms with Crippen LogP contribution in [0.3, 0.4) is 0 Å². The number of urea groups is 1. The van der Waals surface area contributed by atoms with Crippen molar-refractivity contribution in [2.45, 2.75) is 97.1 Å². The number of ketones is 1. The summed E-state index contributed by atoms with van der Waals surface area (Å²) in [7, 11) is -1.96. The summed E-state index contributed by atoms with van der Waals surface area (Å²) in [6, 6.07) is 8.09. The number of aryl methyl sites for hydroxylation is 2. The minimum atomic E-state index is -5.00. The van der Waals surface area contributed by atoms with Crippen LogP contribution >= 0.6 is 47.0 Å². The molecule has 10 rings (SSSR count). The Morgan fingerprint density at radius 2 is 1.18 bits per heavy atom. The number of aromatic nitrogens is 2. The van der Waals surface area contributed by atoms with E-state index in [9.17, 15) is 52.7 Å². The summed E-state index contributed by atoms with van der Waals surface area (Å²) in [6.45, 7) is 12.5. The molecule has 3 aliphatic carbocycles. The maximum Gasteiger partial charge on any atom is 0.524 e. The number of likely N-dealkylation sites (N-methyl/N-ethyl adjacent to an activating group) is 2. The first-order valence-corrected chi connectivity index (χ1v) is 40.5. The highest BCUT2D eigenvalue weighted by Gasteiger charge is 3.01. The van der Waals surface area contributed by atoms with E-state index in [1.54, 1.807) is 66.4 Å². The Kier molecular flexibility index (Phi) is 29.1. The third kappa shape index (κ3) is 19.7. The lowest BCUT2D eigenvalue weighted by Crippen LogP contribution is -2.49. The number of carbonyl (C=O) groups excluding carboxylic acids is 9. The van der Waals surface area contributed by atoms with Gasteiger partial charge in [-0.25, -0.2) is 18.9 Å². The summed E-state index contributed by atoms with van der Waals surface area (Å²) in [6.07, 6.45) is 3.66. The van der Waals surface area contributed by atoms with Gasteiger partial charge in [0, 0.05) is 142 Å². The molecule has 1 spiro atoms. The molecule has 0 radical (unpaired) electrons. The zero-order chi connectivity index (χ0) is 79.2. The Labute approximate surface area is 655 Å². The van der Waals surface area contributed by atoms with Crippen molar-refractivity contribution in [3.05, 3.63) is 76.6 Å². The zero-order valence-electron chi connectivity index (χ0n) is 62.6. The van der Waals surface area contributed by atoms with E-state index in [1.807, 2.05) is 13.8 Å². The highest BCUT2D eigenvalue weighted by Crippen LogP contribution is 3.01. The minimum Gasteiger partial charge on any atom is -0.445 e. The van der Waals surface area contributed by atoms with Crippen molar-refractivity contribution in [1.29, 1.82) is 0 Å². The number of nitrogens with zero attached hydrogens (tertiary/aromatic N) is 4. The predicted molar refractivity (Wildman–Crippen MR) is 411 cm³/mol. The Balaban J connectivity index is 0.646. The predicted octanol–water partition coefficient (Wildman–Crippen LogP) is 7.75. The van der Waals surface area contributed by atoms with Gasteiger partial charge < -0.3 is 99.0 Å². The van der Waals surface area contributed by atoms with Gasteiger partial charge in [0.25, 0.3) is 0 Å². The average Bonchev–Trinajstić information content (AvgIpc) is 1.39. The van der Waals surface area contributed by atoms with Crippen LogP contribution in [0.1, 0.15) is 98.4 Å². The van der Waals surface area contributed by atoms with E-state index in [4.69, 9.17) is 71.4 Å². The fraction of sp³-hybridized carbons (Fsp3) is 0.581. The van der Waals surface area contributed by atoms with Crippen LogP contribution in [0.15, 0.2) is 48.8 Å². The summed E-state index contributed by atoms with van der Waals surface area (Å²) in [5.41, 5.74) is 9.24. The second-order valence-electron chi connectivity index (χ2n) is 28.9. The standard InChI is InChI=1S/C74H99BrCl2N11O21P/c1-44(2)63(84-57(90)13-18-101-20-22-103-24-26-105-28-29-106-27-25-104-23-21-102-19-15-79-58(91)33-75)54(89)30-48(8-7-14-80-69(78)95)66(92)83-51-11-9-47(10-12-51)40-107-70(96)85(5)16-17-86(6)71(97)108-55-31-52-61(59-45(3)36-81-64(55)59)49(34-76)38-87(52)67(93)72-41-73(43-74(72,73)42-72)68(94)88-39-50(35-77)62-53(88)32-56(109-110(98,99)100)65-60(62)46(4)37-82-65/h9-12,31-32,36-37,44,48-50,63,81-82H,7-8,13-30,33-35,38-43H2,1-6H3,(H,79,91)(H,83,92)(H,84,90)(H3,78,80,95)(H2,98,99,100)/t48-,49-,50-,63+,72?,73?,74?/m1/s1. The van der Waals surface area contributed by atoms with Crippen molar-refractivity contribution in [3.8, 4) is 11.5 Å². The molecule has 4 heterocycles. The minimum absolute atomic E-state index is 0.0220. The van der Waals surface area contributed by atoms with Crippen molar-refractivity contribution < 1.29 is 99.9 Å².